The molecule has 1 saturated heterocycles. The summed E-state index contributed by atoms with van der Waals surface area (Å²) >= 11 is 0. The maximum absolute atomic E-state index is 11.9. The first-order valence-corrected chi connectivity index (χ1v) is 7.97. The van der Waals surface area contributed by atoms with E-state index in [0.29, 0.717) is 24.3 Å². The number of anilines is 1. The van der Waals surface area contributed by atoms with E-state index in [-0.39, 0.29) is 11.8 Å². The van der Waals surface area contributed by atoms with E-state index in [1.54, 1.807) is 12.3 Å². The number of pyridine rings is 1. The van der Waals surface area contributed by atoms with Crippen LogP contribution in [0.1, 0.15) is 12.8 Å². The molecule has 0 amide bonds. The van der Waals surface area contributed by atoms with Crippen molar-refractivity contribution in [2.75, 3.05) is 11.4 Å². The Morgan fingerprint density at radius 2 is 2.04 bits per heavy atom. The van der Waals surface area contributed by atoms with E-state index in [9.17, 15) is 19.8 Å². The zero-order chi connectivity index (χ0) is 19.4. The number of carbonyl (C=O) groups is 3. The molecular formula is C16H21N3O7. The molecule has 26 heavy (non-hydrogen) atoms. The Morgan fingerprint density at radius 3 is 2.65 bits per heavy atom. The van der Waals surface area contributed by atoms with Crippen molar-refractivity contribution < 1.29 is 34.4 Å². The van der Waals surface area contributed by atoms with Crippen molar-refractivity contribution in [1.29, 1.82) is 0 Å². The Balaban J connectivity index is 0.00000117. The fraction of sp³-hybridized carbons (Fsp3) is 0.500. The number of rotatable bonds is 6. The summed E-state index contributed by atoms with van der Waals surface area (Å²) < 4.78 is 5.09. The van der Waals surface area contributed by atoms with Crippen molar-refractivity contribution in [3.05, 3.63) is 18.3 Å². The van der Waals surface area contributed by atoms with Gasteiger partial charge >= 0.3 is 11.9 Å². The average Bonchev–Trinajstić information content (AvgIpc) is 3.33. The monoisotopic (exact) mass is 367 g/mol. The molecule has 1 aliphatic heterocycles. The van der Waals surface area contributed by atoms with Crippen LogP contribution in [0.3, 0.4) is 0 Å². The molecule has 2 aliphatic rings. The first-order chi connectivity index (χ1) is 12.4. The second kappa shape index (κ2) is 8.21. The van der Waals surface area contributed by atoms with E-state index in [0.717, 1.165) is 12.8 Å². The van der Waals surface area contributed by atoms with Crippen LogP contribution in [-0.2, 0) is 14.4 Å². The van der Waals surface area contributed by atoms with Crippen molar-refractivity contribution in [2.24, 2.45) is 11.7 Å². The summed E-state index contributed by atoms with van der Waals surface area (Å²) in [7, 11) is 0. The van der Waals surface area contributed by atoms with Crippen molar-refractivity contribution >= 4 is 24.5 Å². The summed E-state index contributed by atoms with van der Waals surface area (Å²) in [6.45, 7) is 2.44. The Morgan fingerprint density at radius 1 is 1.35 bits per heavy atom. The van der Waals surface area contributed by atoms with Crippen LogP contribution in [0, 0.1) is 5.92 Å². The SMILES string of the molecule is C=O.NCC1CC2CC2N1c1ncccc1OC(=O)C(O)C(O)C(=O)O. The third-order valence-electron chi connectivity index (χ3n) is 4.48. The number of fused-ring (bicyclic) bond motifs is 1. The predicted octanol–water partition coefficient (Wildman–Crippen LogP) is -1.47. The fourth-order valence-corrected chi connectivity index (χ4v) is 3.19. The number of hydrogen-bond donors (Lipinski definition) is 4. The van der Waals surface area contributed by atoms with Gasteiger partial charge in [0.2, 0.25) is 0 Å². The number of ether oxygens (including phenoxy) is 1. The standard InChI is InChI=1S/C15H19N3O6.CH2O/c16-6-8-4-7-5-9(7)18(8)13-10(2-1-3-17-13)24-15(23)12(20)11(19)14(21)22;1-2/h1-3,7-9,11-12,19-20H,4-6,16H2,(H,21,22);1H2. The molecule has 1 aromatic rings. The summed E-state index contributed by atoms with van der Waals surface area (Å²) in [6, 6.07) is 3.46. The second-order valence-electron chi connectivity index (χ2n) is 6.07. The molecule has 10 nitrogen and oxygen atoms in total. The number of hydrogen-bond acceptors (Lipinski definition) is 9. The molecule has 1 saturated carbocycles. The Bertz CT molecular complexity index is 671. The summed E-state index contributed by atoms with van der Waals surface area (Å²) in [5.74, 6) is -1.87. The van der Waals surface area contributed by atoms with Crippen molar-refractivity contribution in [3.63, 3.8) is 0 Å². The number of piperidine rings is 1. The van der Waals surface area contributed by atoms with E-state index in [4.69, 9.17) is 20.4 Å². The molecule has 3 rings (SSSR count). The van der Waals surface area contributed by atoms with Crippen LogP contribution in [0.5, 0.6) is 5.75 Å². The molecule has 142 valence electrons. The van der Waals surface area contributed by atoms with Gasteiger partial charge in [0.25, 0.3) is 0 Å². The molecule has 1 aromatic heterocycles. The fourth-order valence-electron chi connectivity index (χ4n) is 3.19. The maximum Gasteiger partial charge on any atom is 0.343 e. The molecule has 5 N–H and O–H groups in total. The van der Waals surface area contributed by atoms with Gasteiger partial charge in [-0.05, 0) is 30.9 Å². The number of nitrogens with two attached hydrogens (primary N) is 1. The molecule has 0 bridgehead atoms. The summed E-state index contributed by atoms with van der Waals surface area (Å²) in [6.07, 6.45) is -0.910. The first-order valence-electron chi connectivity index (χ1n) is 7.97. The number of aliphatic hydroxyl groups is 2. The summed E-state index contributed by atoms with van der Waals surface area (Å²) in [5, 5.41) is 27.5. The number of carboxylic acid groups (broad SMARTS) is 1. The summed E-state index contributed by atoms with van der Waals surface area (Å²) in [5.41, 5.74) is 5.80. The quantitative estimate of drug-likeness (QED) is 0.437. The number of carbonyl (C=O) groups excluding carboxylic acids is 2. The lowest BCUT2D eigenvalue weighted by Gasteiger charge is -2.29. The zero-order valence-electron chi connectivity index (χ0n) is 13.9. The van der Waals surface area contributed by atoms with Crippen LogP contribution in [0.25, 0.3) is 0 Å². The summed E-state index contributed by atoms with van der Waals surface area (Å²) in [4.78, 5) is 36.8. The Kier molecular flexibility index (Phi) is 6.24. The van der Waals surface area contributed by atoms with E-state index in [1.165, 1.54) is 6.07 Å². The molecule has 10 heteroatoms. The minimum Gasteiger partial charge on any atom is -0.479 e. The van der Waals surface area contributed by atoms with Gasteiger partial charge in [0.1, 0.15) is 6.79 Å². The van der Waals surface area contributed by atoms with Gasteiger partial charge in [0.05, 0.1) is 0 Å². The normalized spacial score (nSPS) is 25.3. The number of nitrogens with zero attached hydrogens (tertiary/aromatic N) is 2. The van der Waals surface area contributed by atoms with E-state index in [1.807, 2.05) is 11.7 Å². The highest BCUT2D eigenvalue weighted by Gasteiger charge is 2.52. The second-order valence-corrected chi connectivity index (χ2v) is 6.07. The molecular weight excluding hydrogens is 346 g/mol. The van der Waals surface area contributed by atoms with Crippen LogP contribution in [0.2, 0.25) is 0 Å². The number of esters is 1. The molecule has 0 spiro atoms. The van der Waals surface area contributed by atoms with E-state index in [2.05, 4.69) is 4.98 Å². The molecule has 0 aromatic carbocycles. The highest BCUT2D eigenvalue weighted by atomic mass is 16.6. The topological polar surface area (TPSA) is 163 Å². The van der Waals surface area contributed by atoms with Crippen LogP contribution in [0.15, 0.2) is 18.3 Å². The van der Waals surface area contributed by atoms with E-state index >= 15 is 0 Å². The van der Waals surface area contributed by atoms with Crippen LogP contribution >= 0.6 is 0 Å². The highest BCUT2D eigenvalue weighted by Crippen LogP contribution is 2.50. The van der Waals surface area contributed by atoms with Crippen LogP contribution in [0.4, 0.5) is 5.82 Å². The number of carboxylic acids is 1. The van der Waals surface area contributed by atoms with Gasteiger partial charge < -0.3 is 35.5 Å². The van der Waals surface area contributed by atoms with Gasteiger partial charge in [-0.15, -0.1) is 0 Å². The largest absolute Gasteiger partial charge is 0.479 e. The Hall–Kier alpha value is -2.56. The van der Waals surface area contributed by atoms with Crippen molar-refractivity contribution in [2.45, 2.75) is 37.1 Å². The van der Waals surface area contributed by atoms with Crippen molar-refractivity contribution in [1.82, 2.24) is 4.98 Å². The minimum atomic E-state index is -2.26. The minimum absolute atomic E-state index is 0.0932. The third-order valence-corrected chi connectivity index (χ3v) is 4.48. The van der Waals surface area contributed by atoms with Crippen LogP contribution < -0.4 is 15.4 Å². The molecule has 5 atom stereocenters. The highest BCUT2D eigenvalue weighted by molar-refractivity contribution is 5.86. The molecule has 5 unspecified atom stereocenters. The third kappa shape index (κ3) is 3.82. The van der Waals surface area contributed by atoms with Gasteiger partial charge in [0, 0.05) is 24.8 Å². The first kappa shape index (κ1) is 19.8. The predicted molar refractivity (Wildman–Crippen MR) is 88.5 cm³/mol. The maximum atomic E-state index is 11.9. The van der Waals surface area contributed by atoms with Gasteiger partial charge in [-0.1, -0.05) is 0 Å². The number of aliphatic carboxylic acids is 1. The van der Waals surface area contributed by atoms with Gasteiger partial charge in [0.15, 0.2) is 23.8 Å². The van der Waals surface area contributed by atoms with Gasteiger partial charge in [-0.3, -0.25) is 0 Å². The number of aromatic nitrogens is 1. The zero-order valence-corrected chi connectivity index (χ0v) is 13.9. The lowest BCUT2D eigenvalue weighted by Crippen LogP contribution is -2.42. The lowest BCUT2D eigenvalue weighted by molar-refractivity contribution is -0.164. The van der Waals surface area contributed by atoms with E-state index < -0.39 is 24.1 Å². The molecule has 1 aliphatic carbocycles. The Labute approximate surface area is 149 Å². The van der Waals surface area contributed by atoms with Crippen molar-refractivity contribution in [3.8, 4) is 5.75 Å². The number of aliphatic hydroxyl groups excluding tert-OH is 2. The average molecular weight is 367 g/mol. The molecule has 0 radical (unpaired) electrons. The smallest absolute Gasteiger partial charge is 0.343 e. The molecule has 2 fully saturated rings. The molecule has 2 heterocycles. The van der Waals surface area contributed by atoms with Crippen LogP contribution in [-0.4, -0.2) is 69.9 Å². The van der Waals surface area contributed by atoms with Gasteiger partial charge in [-0.25, -0.2) is 14.6 Å². The lowest BCUT2D eigenvalue weighted by atomic mass is 10.1. The van der Waals surface area contributed by atoms with Gasteiger partial charge in [-0.2, -0.15) is 0 Å².